The largest absolute Gasteiger partial charge is 0.495 e. The molecule has 0 amide bonds. The van der Waals surface area contributed by atoms with Crippen LogP contribution in [0.3, 0.4) is 0 Å². The van der Waals surface area contributed by atoms with E-state index in [4.69, 9.17) is 9.47 Å². The van der Waals surface area contributed by atoms with Gasteiger partial charge in [0, 0.05) is 18.5 Å². The molecule has 2 rings (SSSR count). The van der Waals surface area contributed by atoms with E-state index in [9.17, 15) is 9.59 Å². The molecule has 0 fully saturated rings. The average molecular weight is 305 g/mol. The fourth-order valence-electron chi connectivity index (χ4n) is 3.07. The van der Waals surface area contributed by atoms with Crippen molar-refractivity contribution in [3.63, 3.8) is 0 Å². The van der Waals surface area contributed by atoms with E-state index in [1.54, 1.807) is 13.2 Å². The molecule has 0 saturated carbocycles. The van der Waals surface area contributed by atoms with Crippen LogP contribution in [0.15, 0.2) is 6.07 Å². The summed E-state index contributed by atoms with van der Waals surface area (Å²) < 4.78 is 10.6. The minimum Gasteiger partial charge on any atom is -0.495 e. The Labute approximate surface area is 131 Å². The van der Waals surface area contributed by atoms with E-state index < -0.39 is 0 Å². The standard InChI is InChI=1S/C17H23NO4/c1-11-5-6-15-12(2)14(10-19)9-16(21-4)17(15)18(11)7-8-22-13(3)20/h9-11H,5-8H2,1-4H3. The molecule has 1 heterocycles. The van der Waals surface area contributed by atoms with E-state index >= 15 is 0 Å². The van der Waals surface area contributed by atoms with Gasteiger partial charge >= 0.3 is 5.97 Å². The molecule has 1 atom stereocenters. The number of carbonyl (C=O) groups is 2. The van der Waals surface area contributed by atoms with Crippen LogP contribution in [0, 0.1) is 6.92 Å². The lowest BCUT2D eigenvalue weighted by Crippen LogP contribution is -2.40. The minimum atomic E-state index is -0.274. The van der Waals surface area contributed by atoms with Crippen LogP contribution >= 0.6 is 0 Å². The maximum Gasteiger partial charge on any atom is 0.302 e. The van der Waals surface area contributed by atoms with Gasteiger partial charge in [0.1, 0.15) is 18.6 Å². The second-order valence-electron chi connectivity index (χ2n) is 5.66. The minimum absolute atomic E-state index is 0.274. The topological polar surface area (TPSA) is 55.8 Å². The summed E-state index contributed by atoms with van der Waals surface area (Å²) in [4.78, 5) is 24.4. The Bertz CT molecular complexity index is 583. The second kappa shape index (κ2) is 6.81. The van der Waals surface area contributed by atoms with Crippen molar-refractivity contribution in [3.05, 3.63) is 22.8 Å². The van der Waals surface area contributed by atoms with Crippen molar-refractivity contribution < 1.29 is 19.1 Å². The van der Waals surface area contributed by atoms with Gasteiger partial charge in [0.05, 0.1) is 19.3 Å². The van der Waals surface area contributed by atoms with Gasteiger partial charge in [-0.15, -0.1) is 0 Å². The van der Waals surface area contributed by atoms with Crippen LogP contribution in [0.5, 0.6) is 5.75 Å². The van der Waals surface area contributed by atoms with Crippen LogP contribution in [-0.2, 0) is 16.0 Å². The lowest BCUT2D eigenvalue weighted by atomic mass is 9.90. The Morgan fingerprint density at radius 2 is 2.23 bits per heavy atom. The Morgan fingerprint density at radius 1 is 1.50 bits per heavy atom. The molecule has 0 N–H and O–H groups in total. The second-order valence-corrected chi connectivity index (χ2v) is 5.66. The number of anilines is 1. The Balaban J connectivity index is 2.41. The summed E-state index contributed by atoms with van der Waals surface area (Å²) in [5, 5.41) is 0. The summed E-state index contributed by atoms with van der Waals surface area (Å²) in [6.45, 7) is 6.50. The predicted molar refractivity (Wildman–Crippen MR) is 84.9 cm³/mol. The summed E-state index contributed by atoms with van der Waals surface area (Å²) in [5.74, 6) is 0.432. The van der Waals surface area contributed by atoms with Gasteiger partial charge in [-0.2, -0.15) is 0 Å². The fraction of sp³-hybridized carbons (Fsp3) is 0.529. The highest BCUT2D eigenvalue weighted by molar-refractivity contribution is 5.83. The molecular formula is C17H23NO4. The number of hydrogen-bond acceptors (Lipinski definition) is 5. The first-order chi connectivity index (χ1) is 10.5. The summed E-state index contributed by atoms with van der Waals surface area (Å²) in [6.07, 6.45) is 2.79. The smallest absolute Gasteiger partial charge is 0.302 e. The van der Waals surface area contributed by atoms with E-state index in [0.717, 1.165) is 35.9 Å². The van der Waals surface area contributed by atoms with E-state index in [1.165, 1.54) is 6.92 Å². The maximum atomic E-state index is 11.2. The first kappa shape index (κ1) is 16.3. The molecule has 0 spiro atoms. The molecule has 1 aromatic carbocycles. The number of carbonyl (C=O) groups excluding carboxylic acids is 2. The van der Waals surface area contributed by atoms with Crippen LogP contribution in [0.25, 0.3) is 0 Å². The van der Waals surface area contributed by atoms with Crippen molar-refractivity contribution in [1.29, 1.82) is 0 Å². The van der Waals surface area contributed by atoms with Gasteiger partial charge in [-0.05, 0) is 43.9 Å². The zero-order valence-electron chi connectivity index (χ0n) is 13.6. The highest BCUT2D eigenvalue weighted by atomic mass is 16.5. The first-order valence-electron chi connectivity index (χ1n) is 7.55. The normalized spacial score (nSPS) is 16.9. The quantitative estimate of drug-likeness (QED) is 0.618. The molecule has 1 aliphatic heterocycles. The van der Waals surface area contributed by atoms with E-state index in [0.29, 0.717) is 30.5 Å². The predicted octanol–water partition coefficient (Wildman–Crippen LogP) is 2.52. The van der Waals surface area contributed by atoms with E-state index in [2.05, 4.69) is 11.8 Å². The van der Waals surface area contributed by atoms with Gasteiger partial charge in [-0.1, -0.05) is 0 Å². The molecule has 5 nitrogen and oxygen atoms in total. The number of hydrogen-bond donors (Lipinski definition) is 0. The number of rotatable bonds is 5. The molecule has 1 unspecified atom stereocenters. The van der Waals surface area contributed by atoms with E-state index in [-0.39, 0.29) is 5.97 Å². The summed E-state index contributed by atoms with van der Waals surface area (Å²) in [5.41, 5.74) is 3.86. The number of esters is 1. The third-order valence-electron chi connectivity index (χ3n) is 4.31. The van der Waals surface area contributed by atoms with Crippen molar-refractivity contribution >= 4 is 17.9 Å². The van der Waals surface area contributed by atoms with Crippen LogP contribution in [0.4, 0.5) is 5.69 Å². The molecule has 1 aromatic rings. The molecule has 5 heteroatoms. The number of methoxy groups -OCH3 is 1. The number of benzene rings is 1. The van der Waals surface area contributed by atoms with Crippen molar-refractivity contribution in [2.45, 2.75) is 39.7 Å². The highest BCUT2D eigenvalue weighted by Gasteiger charge is 2.28. The van der Waals surface area contributed by atoms with Gasteiger partial charge in [-0.3, -0.25) is 9.59 Å². The van der Waals surface area contributed by atoms with Crippen molar-refractivity contribution in [1.82, 2.24) is 0 Å². The SMILES string of the molecule is COc1cc(C=O)c(C)c2c1N(CCOC(C)=O)C(C)CC2. The Morgan fingerprint density at radius 3 is 2.82 bits per heavy atom. The summed E-state index contributed by atoms with van der Waals surface area (Å²) >= 11 is 0. The average Bonchev–Trinajstić information content (AvgIpc) is 2.49. The van der Waals surface area contributed by atoms with Gasteiger partial charge in [0.25, 0.3) is 0 Å². The number of fused-ring (bicyclic) bond motifs is 1. The third kappa shape index (κ3) is 3.08. The Hall–Kier alpha value is -2.04. The first-order valence-corrected chi connectivity index (χ1v) is 7.55. The zero-order chi connectivity index (χ0) is 16.3. The molecule has 22 heavy (non-hydrogen) atoms. The molecule has 0 bridgehead atoms. The van der Waals surface area contributed by atoms with Crippen LogP contribution < -0.4 is 9.64 Å². The third-order valence-corrected chi connectivity index (χ3v) is 4.31. The van der Waals surface area contributed by atoms with Gasteiger partial charge in [-0.25, -0.2) is 0 Å². The number of aldehydes is 1. The maximum absolute atomic E-state index is 11.2. The number of ether oxygens (including phenoxy) is 2. The summed E-state index contributed by atoms with van der Waals surface area (Å²) in [6, 6.07) is 2.12. The van der Waals surface area contributed by atoms with Gasteiger partial charge in [0.2, 0.25) is 0 Å². The lowest BCUT2D eigenvalue weighted by Gasteiger charge is -2.38. The fourth-order valence-corrected chi connectivity index (χ4v) is 3.07. The molecule has 0 aliphatic carbocycles. The van der Waals surface area contributed by atoms with Crippen LogP contribution in [0.1, 0.15) is 41.8 Å². The van der Waals surface area contributed by atoms with Gasteiger partial charge in [0.15, 0.2) is 0 Å². The molecule has 0 aromatic heterocycles. The molecule has 1 aliphatic rings. The zero-order valence-corrected chi connectivity index (χ0v) is 13.6. The van der Waals surface area contributed by atoms with Crippen molar-refractivity contribution in [2.75, 3.05) is 25.2 Å². The van der Waals surface area contributed by atoms with Crippen LogP contribution in [-0.4, -0.2) is 38.6 Å². The van der Waals surface area contributed by atoms with E-state index in [1.807, 2.05) is 6.92 Å². The molecule has 120 valence electrons. The monoisotopic (exact) mass is 305 g/mol. The Kier molecular flexibility index (Phi) is 5.06. The molecular weight excluding hydrogens is 282 g/mol. The van der Waals surface area contributed by atoms with Gasteiger partial charge < -0.3 is 14.4 Å². The lowest BCUT2D eigenvalue weighted by molar-refractivity contribution is -0.140. The number of nitrogens with zero attached hydrogens (tertiary/aromatic N) is 1. The summed E-state index contributed by atoms with van der Waals surface area (Å²) in [7, 11) is 1.61. The van der Waals surface area contributed by atoms with Crippen molar-refractivity contribution in [3.8, 4) is 5.75 Å². The molecule has 0 saturated heterocycles. The van der Waals surface area contributed by atoms with Crippen molar-refractivity contribution in [2.24, 2.45) is 0 Å². The molecule has 0 radical (unpaired) electrons. The van der Waals surface area contributed by atoms with Crippen LogP contribution in [0.2, 0.25) is 0 Å². The highest BCUT2D eigenvalue weighted by Crippen LogP contribution is 2.41.